The first kappa shape index (κ1) is 13.9. The lowest BCUT2D eigenvalue weighted by atomic mass is 10.2. The molecule has 0 saturated carbocycles. The van der Waals surface area contributed by atoms with Crippen molar-refractivity contribution < 1.29 is 24.1 Å². The summed E-state index contributed by atoms with van der Waals surface area (Å²) in [5.74, 6) is 0.752. The maximum Gasteiger partial charge on any atom is 0.118 e. The van der Waals surface area contributed by atoms with Crippen molar-refractivity contribution in [1.82, 2.24) is 0 Å². The fourth-order valence-corrected chi connectivity index (χ4v) is 1.23. The third kappa shape index (κ3) is 4.68. The number of aliphatic hydroxyl groups excluding tert-OH is 2. The maximum absolute atomic E-state index is 12.0. The van der Waals surface area contributed by atoms with Crippen LogP contribution in [0.2, 0.25) is 0 Å². The number of hydrogen-bond acceptors (Lipinski definition) is 4. The van der Waals surface area contributed by atoms with Gasteiger partial charge in [0.1, 0.15) is 24.6 Å². The Morgan fingerprint density at radius 2 is 1.82 bits per heavy atom. The quantitative estimate of drug-likeness (QED) is 0.748. The number of rotatable bonds is 7. The number of benzene rings is 1. The monoisotopic (exact) mass is 244 g/mol. The van der Waals surface area contributed by atoms with Gasteiger partial charge in [-0.1, -0.05) is 12.1 Å². The zero-order valence-electron chi connectivity index (χ0n) is 9.67. The molecular formula is C12H17FO4. The zero-order valence-corrected chi connectivity index (χ0v) is 9.67. The van der Waals surface area contributed by atoms with E-state index in [1.54, 1.807) is 19.2 Å². The number of aliphatic hydroxyl groups is 2. The Morgan fingerprint density at radius 3 is 2.35 bits per heavy atom. The molecule has 0 amide bonds. The molecule has 1 aromatic rings. The first-order valence-electron chi connectivity index (χ1n) is 5.30. The van der Waals surface area contributed by atoms with Crippen molar-refractivity contribution in [3.05, 3.63) is 29.8 Å². The summed E-state index contributed by atoms with van der Waals surface area (Å²) < 4.78 is 22.2. The Hall–Kier alpha value is -1.17. The average molecular weight is 244 g/mol. The molecule has 0 aliphatic carbocycles. The van der Waals surface area contributed by atoms with Crippen molar-refractivity contribution in [2.45, 2.75) is 18.8 Å². The van der Waals surface area contributed by atoms with Crippen LogP contribution in [0.1, 0.15) is 5.56 Å². The van der Waals surface area contributed by atoms with Gasteiger partial charge in [0.05, 0.1) is 20.3 Å². The van der Waals surface area contributed by atoms with E-state index in [9.17, 15) is 9.50 Å². The first-order chi connectivity index (χ1) is 8.17. The van der Waals surface area contributed by atoms with Gasteiger partial charge in [-0.25, -0.2) is 4.39 Å². The number of ether oxygens (including phenoxy) is 2. The lowest BCUT2D eigenvalue weighted by Gasteiger charge is -2.14. The van der Waals surface area contributed by atoms with E-state index in [1.807, 2.05) is 12.1 Å². The first-order valence-corrected chi connectivity index (χ1v) is 5.30. The van der Waals surface area contributed by atoms with Crippen LogP contribution >= 0.6 is 0 Å². The predicted octanol–water partition coefficient (Wildman–Crippen LogP) is 0.903. The minimum atomic E-state index is -1.38. The molecule has 0 aromatic heterocycles. The maximum atomic E-state index is 12.0. The van der Waals surface area contributed by atoms with Crippen molar-refractivity contribution in [2.24, 2.45) is 0 Å². The molecular weight excluding hydrogens is 227 g/mol. The standard InChI is InChI=1S/C12H17FO4/c1-16-10-4-2-9(3-5-10)7-17-8-12(15)11(14)6-13/h2-5,11-12,14-15H,6-8H2,1H3/t11-,12+/m1/s1. The Morgan fingerprint density at radius 1 is 1.18 bits per heavy atom. The summed E-state index contributed by atoms with van der Waals surface area (Å²) in [4.78, 5) is 0. The molecule has 0 fully saturated rings. The van der Waals surface area contributed by atoms with Crippen LogP contribution in [0.4, 0.5) is 4.39 Å². The highest BCUT2D eigenvalue weighted by atomic mass is 19.1. The van der Waals surface area contributed by atoms with Gasteiger partial charge >= 0.3 is 0 Å². The average Bonchev–Trinajstić information content (AvgIpc) is 2.38. The highest BCUT2D eigenvalue weighted by Gasteiger charge is 2.15. The molecule has 17 heavy (non-hydrogen) atoms. The van der Waals surface area contributed by atoms with Crippen molar-refractivity contribution in [3.63, 3.8) is 0 Å². The number of halogens is 1. The fourth-order valence-electron chi connectivity index (χ4n) is 1.23. The molecule has 1 rings (SSSR count). The molecule has 0 spiro atoms. The minimum absolute atomic E-state index is 0.100. The number of alkyl halides is 1. The third-order valence-corrected chi connectivity index (χ3v) is 2.32. The largest absolute Gasteiger partial charge is 0.497 e. The molecule has 96 valence electrons. The second-order valence-corrected chi connectivity index (χ2v) is 3.65. The van der Waals surface area contributed by atoms with Gasteiger partial charge in [0.2, 0.25) is 0 Å². The van der Waals surface area contributed by atoms with E-state index in [-0.39, 0.29) is 6.61 Å². The van der Waals surface area contributed by atoms with Crippen LogP contribution in [0.5, 0.6) is 5.75 Å². The zero-order chi connectivity index (χ0) is 12.7. The molecule has 2 atom stereocenters. The van der Waals surface area contributed by atoms with E-state index in [0.717, 1.165) is 11.3 Å². The van der Waals surface area contributed by atoms with Crippen LogP contribution in [-0.2, 0) is 11.3 Å². The lowest BCUT2D eigenvalue weighted by molar-refractivity contribution is -0.0494. The van der Waals surface area contributed by atoms with E-state index in [2.05, 4.69) is 0 Å². The Labute approximate surface area is 99.6 Å². The van der Waals surface area contributed by atoms with Crippen molar-refractivity contribution in [1.29, 1.82) is 0 Å². The second-order valence-electron chi connectivity index (χ2n) is 3.65. The summed E-state index contributed by atoms with van der Waals surface area (Å²) in [6, 6.07) is 7.25. The normalized spacial score (nSPS) is 14.4. The SMILES string of the molecule is COc1ccc(COC[C@H](O)[C@H](O)CF)cc1. The van der Waals surface area contributed by atoms with Gasteiger partial charge in [-0.3, -0.25) is 0 Å². The van der Waals surface area contributed by atoms with Crippen molar-refractivity contribution in [2.75, 3.05) is 20.4 Å². The van der Waals surface area contributed by atoms with Crippen molar-refractivity contribution in [3.8, 4) is 5.75 Å². The smallest absolute Gasteiger partial charge is 0.118 e. The van der Waals surface area contributed by atoms with E-state index in [0.29, 0.717) is 6.61 Å². The third-order valence-electron chi connectivity index (χ3n) is 2.32. The molecule has 2 N–H and O–H groups in total. The van der Waals surface area contributed by atoms with Gasteiger partial charge < -0.3 is 19.7 Å². The molecule has 4 nitrogen and oxygen atoms in total. The molecule has 0 radical (unpaired) electrons. The summed E-state index contributed by atoms with van der Waals surface area (Å²) >= 11 is 0. The van der Waals surface area contributed by atoms with Crippen molar-refractivity contribution >= 4 is 0 Å². The fraction of sp³-hybridized carbons (Fsp3) is 0.500. The van der Waals surface area contributed by atoms with Gasteiger partial charge in [0, 0.05) is 0 Å². The number of methoxy groups -OCH3 is 1. The van der Waals surface area contributed by atoms with Gasteiger partial charge in [-0.2, -0.15) is 0 Å². The minimum Gasteiger partial charge on any atom is -0.497 e. The van der Waals surface area contributed by atoms with Crippen LogP contribution in [-0.4, -0.2) is 42.8 Å². The van der Waals surface area contributed by atoms with Gasteiger partial charge in [0.25, 0.3) is 0 Å². The molecule has 0 heterocycles. The molecule has 1 aromatic carbocycles. The van der Waals surface area contributed by atoms with Gasteiger partial charge in [0.15, 0.2) is 0 Å². The Balaban J connectivity index is 2.30. The molecule has 5 heteroatoms. The second kappa shape index (κ2) is 7.21. The van der Waals surface area contributed by atoms with E-state index in [4.69, 9.17) is 14.6 Å². The van der Waals surface area contributed by atoms with Crippen LogP contribution < -0.4 is 4.74 Å². The Kier molecular flexibility index (Phi) is 5.90. The van der Waals surface area contributed by atoms with E-state index in [1.165, 1.54) is 0 Å². The molecule has 0 saturated heterocycles. The molecule has 0 unspecified atom stereocenters. The molecule has 0 bridgehead atoms. The predicted molar refractivity (Wildman–Crippen MR) is 60.6 cm³/mol. The topological polar surface area (TPSA) is 58.9 Å². The number of hydrogen-bond donors (Lipinski definition) is 2. The van der Waals surface area contributed by atoms with E-state index < -0.39 is 18.9 Å². The summed E-state index contributed by atoms with van der Waals surface area (Å²) in [6.45, 7) is -0.787. The highest BCUT2D eigenvalue weighted by molar-refractivity contribution is 5.26. The Bertz CT molecular complexity index is 315. The van der Waals surface area contributed by atoms with Crippen LogP contribution in [0, 0.1) is 0 Å². The molecule has 0 aliphatic rings. The summed E-state index contributed by atoms with van der Waals surface area (Å²) in [5.41, 5.74) is 0.910. The summed E-state index contributed by atoms with van der Waals surface area (Å²) in [7, 11) is 1.58. The van der Waals surface area contributed by atoms with Gasteiger partial charge in [-0.05, 0) is 17.7 Å². The van der Waals surface area contributed by atoms with Crippen LogP contribution in [0.15, 0.2) is 24.3 Å². The molecule has 0 aliphatic heterocycles. The summed E-state index contributed by atoms with van der Waals surface area (Å²) in [6.07, 6.45) is -2.58. The van der Waals surface area contributed by atoms with Crippen LogP contribution in [0.25, 0.3) is 0 Å². The lowest BCUT2D eigenvalue weighted by Crippen LogP contribution is -2.32. The highest BCUT2D eigenvalue weighted by Crippen LogP contribution is 2.12. The van der Waals surface area contributed by atoms with E-state index >= 15 is 0 Å². The van der Waals surface area contributed by atoms with Crippen LogP contribution in [0.3, 0.4) is 0 Å². The summed E-state index contributed by atoms with van der Waals surface area (Å²) in [5, 5.41) is 18.2. The van der Waals surface area contributed by atoms with Gasteiger partial charge in [-0.15, -0.1) is 0 Å².